The van der Waals surface area contributed by atoms with E-state index in [2.05, 4.69) is 209 Å². The highest BCUT2D eigenvalue weighted by atomic mass is 15.1. The lowest BCUT2D eigenvalue weighted by Crippen LogP contribution is -2.17. The zero-order valence-corrected chi connectivity index (χ0v) is 31.7. The Morgan fingerprint density at radius 3 is 1.58 bits per heavy atom. The minimum Gasteiger partial charge on any atom is -0.310 e. The molecule has 9 aromatic carbocycles. The first-order chi connectivity index (χ1) is 26.8. The second-order valence-electron chi connectivity index (χ2n) is 16.6. The van der Waals surface area contributed by atoms with Crippen molar-refractivity contribution < 1.29 is 0 Å². The van der Waals surface area contributed by atoms with Gasteiger partial charge in [0.25, 0.3) is 0 Å². The van der Waals surface area contributed by atoms with Gasteiger partial charge >= 0.3 is 0 Å². The molecule has 55 heavy (non-hydrogen) atoms. The van der Waals surface area contributed by atoms with Gasteiger partial charge in [-0.05, 0) is 130 Å². The molecule has 1 nitrogen and oxygen atoms in total. The van der Waals surface area contributed by atoms with Gasteiger partial charge in [-0.25, -0.2) is 0 Å². The zero-order chi connectivity index (χ0) is 37.1. The van der Waals surface area contributed by atoms with Gasteiger partial charge in [0.2, 0.25) is 0 Å². The van der Waals surface area contributed by atoms with Crippen molar-refractivity contribution in [2.24, 2.45) is 0 Å². The van der Waals surface area contributed by atoms with Gasteiger partial charge in [-0.1, -0.05) is 161 Å². The van der Waals surface area contributed by atoms with Crippen LogP contribution in [0.3, 0.4) is 0 Å². The molecule has 0 fully saturated rings. The Morgan fingerprint density at radius 1 is 0.309 bits per heavy atom. The van der Waals surface area contributed by atoms with E-state index in [0.717, 1.165) is 11.4 Å². The molecule has 0 aromatic heterocycles. The normalized spacial score (nSPS) is 14.5. The summed E-state index contributed by atoms with van der Waals surface area (Å²) in [6.45, 7) is 9.43. The van der Waals surface area contributed by atoms with E-state index in [1.165, 1.54) is 93.6 Å². The minimum absolute atomic E-state index is 0.0414. The van der Waals surface area contributed by atoms with Crippen molar-refractivity contribution >= 4 is 49.4 Å². The topological polar surface area (TPSA) is 3.24 Å². The molecule has 0 amide bonds. The summed E-state index contributed by atoms with van der Waals surface area (Å²) in [7, 11) is 0. The van der Waals surface area contributed by atoms with E-state index in [-0.39, 0.29) is 10.8 Å². The second kappa shape index (κ2) is 11.5. The van der Waals surface area contributed by atoms with Crippen LogP contribution < -0.4 is 4.90 Å². The van der Waals surface area contributed by atoms with Crippen molar-refractivity contribution in [3.8, 4) is 33.4 Å². The average molecular weight is 704 g/mol. The smallest absolute Gasteiger partial charge is 0.0468 e. The van der Waals surface area contributed by atoms with Crippen LogP contribution in [0.5, 0.6) is 0 Å². The Morgan fingerprint density at radius 2 is 0.818 bits per heavy atom. The van der Waals surface area contributed by atoms with Crippen LogP contribution in [-0.2, 0) is 10.8 Å². The highest BCUT2D eigenvalue weighted by Crippen LogP contribution is 2.53. The Kier molecular flexibility index (Phi) is 6.72. The van der Waals surface area contributed by atoms with Crippen molar-refractivity contribution in [1.82, 2.24) is 0 Å². The minimum atomic E-state index is -0.0904. The number of anilines is 3. The fourth-order valence-corrected chi connectivity index (χ4v) is 9.94. The van der Waals surface area contributed by atoms with Gasteiger partial charge in [-0.2, -0.15) is 0 Å². The Balaban J connectivity index is 1.03. The molecule has 0 aliphatic heterocycles. The molecule has 0 saturated carbocycles. The average Bonchev–Trinajstić information content (AvgIpc) is 3.60. The molecule has 0 N–H and O–H groups in total. The van der Waals surface area contributed by atoms with Gasteiger partial charge < -0.3 is 4.90 Å². The zero-order valence-electron chi connectivity index (χ0n) is 31.7. The third-order valence-electron chi connectivity index (χ3n) is 12.9. The molecule has 262 valence electrons. The van der Waals surface area contributed by atoms with Crippen LogP contribution in [0.15, 0.2) is 176 Å². The Bertz CT molecular complexity index is 3030. The van der Waals surface area contributed by atoms with Crippen LogP contribution >= 0.6 is 0 Å². The summed E-state index contributed by atoms with van der Waals surface area (Å²) in [5, 5.41) is 7.74. The van der Waals surface area contributed by atoms with E-state index >= 15 is 0 Å². The van der Waals surface area contributed by atoms with Crippen LogP contribution in [0.2, 0.25) is 0 Å². The molecule has 0 bridgehead atoms. The molecular weight excluding hydrogens is 663 g/mol. The summed E-state index contributed by atoms with van der Waals surface area (Å²) < 4.78 is 0. The maximum absolute atomic E-state index is 2.45. The lowest BCUT2D eigenvalue weighted by molar-refractivity contribution is 0.660. The van der Waals surface area contributed by atoms with Crippen molar-refractivity contribution in [3.63, 3.8) is 0 Å². The third kappa shape index (κ3) is 4.66. The molecule has 0 radical (unpaired) electrons. The van der Waals surface area contributed by atoms with Gasteiger partial charge in [0.05, 0.1) is 0 Å². The second-order valence-corrected chi connectivity index (χ2v) is 16.6. The van der Waals surface area contributed by atoms with Crippen LogP contribution in [0.4, 0.5) is 17.1 Å². The molecule has 0 heterocycles. The lowest BCUT2D eigenvalue weighted by atomic mass is 9.82. The molecule has 0 saturated heterocycles. The van der Waals surface area contributed by atoms with Crippen LogP contribution in [0.25, 0.3) is 65.7 Å². The van der Waals surface area contributed by atoms with Gasteiger partial charge in [0.1, 0.15) is 0 Å². The number of fused-ring (bicyclic) bond motifs is 11. The summed E-state index contributed by atoms with van der Waals surface area (Å²) in [5.74, 6) is 0. The fraction of sp³-hybridized carbons (Fsp3) is 0.111. The van der Waals surface area contributed by atoms with Crippen molar-refractivity contribution in [2.45, 2.75) is 38.5 Å². The summed E-state index contributed by atoms with van der Waals surface area (Å²) in [6, 6.07) is 65.9. The maximum Gasteiger partial charge on any atom is 0.0468 e. The third-order valence-corrected chi connectivity index (χ3v) is 12.9. The quantitative estimate of drug-likeness (QED) is 0.165. The summed E-state index contributed by atoms with van der Waals surface area (Å²) in [5.41, 5.74) is 16.7. The number of hydrogen-bond acceptors (Lipinski definition) is 1. The van der Waals surface area contributed by atoms with Crippen molar-refractivity contribution in [3.05, 3.63) is 198 Å². The molecular formula is C54H41N. The first-order valence-corrected chi connectivity index (χ1v) is 19.5. The highest BCUT2D eigenvalue weighted by molar-refractivity contribution is 6.17. The van der Waals surface area contributed by atoms with Crippen LogP contribution in [-0.4, -0.2) is 0 Å². The van der Waals surface area contributed by atoms with E-state index < -0.39 is 0 Å². The number of hydrogen-bond donors (Lipinski definition) is 0. The first kappa shape index (κ1) is 32.0. The molecule has 0 atom stereocenters. The number of nitrogens with zero attached hydrogens (tertiary/aromatic N) is 1. The predicted molar refractivity (Wildman–Crippen MR) is 234 cm³/mol. The van der Waals surface area contributed by atoms with E-state index in [4.69, 9.17) is 0 Å². The highest BCUT2D eigenvalue weighted by Gasteiger charge is 2.37. The molecule has 0 spiro atoms. The van der Waals surface area contributed by atoms with Crippen LogP contribution in [0, 0.1) is 0 Å². The molecule has 1 heteroatoms. The lowest BCUT2D eigenvalue weighted by Gasteiger charge is -2.29. The fourth-order valence-electron chi connectivity index (χ4n) is 9.94. The summed E-state index contributed by atoms with van der Waals surface area (Å²) >= 11 is 0. The predicted octanol–water partition coefficient (Wildman–Crippen LogP) is 14.9. The van der Waals surface area contributed by atoms with Gasteiger partial charge in [0.15, 0.2) is 0 Å². The SMILES string of the molecule is CC1(C)c2ccccc2-c2cc(N(c3ccc(-c4ccc5c(ccc6c7ccccc7ccc56)c4)cc3)c3ccc4c(c3)C(C)(C)c3ccccc3-4)ccc21. The Hall–Kier alpha value is -6.44. The summed E-state index contributed by atoms with van der Waals surface area (Å²) in [4.78, 5) is 2.45. The largest absolute Gasteiger partial charge is 0.310 e. The van der Waals surface area contributed by atoms with Crippen molar-refractivity contribution in [1.29, 1.82) is 0 Å². The standard InChI is InChI=1S/C54H41N/c1-53(2)50-16-10-8-14-46(50)48-32-39(25-30-51(48)53)55(40-24-29-47-45-13-7-9-15-49(45)54(3,4)52(47)33-40)38-22-17-34(18-23-38)36-20-26-42-37(31-36)21-28-43-41-12-6-5-11-35(41)19-27-44(42)43/h5-33H,1-4H3. The first-order valence-electron chi connectivity index (χ1n) is 19.5. The number of rotatable bonds is 4. The van der Waals surface area contributed by atoms with Crippen molar-refractivity contribution in [2.75, 3.05) is 4.90 Å². The van der Waals surface area contributed by atoms with Gasteiger partial charge in [-0.3, -0.25) is 0 Å². The molecule has 0 unspecified atom stereocenters. The molecule has 2 aliphatic carbocycles. The maximum atomic E-state index is 2.45. The number of benzene rings is 9. The van der Waals surface area contributed by atoms with E-state index in [9.17, 15) is 0 Å². The van der Waals surface area contributed by atoms with E-state index in [1.54, 1.807) is 0 Å². The Labute approximate surface area is 323 Å². The molecule has 11 rings (SSSR count). The molecule has 9 aromatic rings. The van der Waals surface area contributed by atoms with Crippen LogP contribution in [0.1, 0.15) is 49.9 Å². The van der Waals surface area contributed by atoms with E-state index in [1.807, 2.05) is 0 Å². The summed E-state index contributed by atoms with van der Waals surface area (Å²) in [6.07, 6.45) is 0. The van der Waals surface area contributed by atoms with E-state index in [0.29, 0.717) is 0 Å². The molecule has 2 aliphatic rings. The van der Waals surface area contributed by atoms with Gasteiger partial charge in [-0.15, -0.1) is 0 Å². The monoisotopic (exact) mass is 703 g/mol. The van der Waals surface area contributed by atoms with Gasteiger partial charge in [0, 0.05) is 27.9 Å².